The van der Waals surface area contributed by atoms with Crippen LogP contribution < -0.4 is 0 Å². The average Bonchev–Trinajstić information content (AvgIpc) is 3.21. The SMILES string of the molecule is CCCn1nc(C)c(CN(Cc2ccccc2F)CC2CCCO2)c1C. The van der Waals surface area contributed by atoms with E-state index in [0.717, 1.165) is 56.8 Å². The molecule has 1 unspecified atom stereocenters. The summed E-state index contributed by atoms with van der Waals surface area (Å²) in [5.74, 6) is -0.139. The van der Waals surface area contributed by atoms with Crippen molar-refractivity contribution in [3.63, 3.8) is 0 Å². The zero-order valence-electron chi connectivity index (χ0n) is 16.2. The molecule has 0 bridgehead atoms. The number of halogens is 1. The fraction of sp³-hybridized carbons (Fsp3) is 0.571. The first-order chi connectivity index (χ1) is 12.6. The Hall–Kier alpha value is -1.72. The Morgan fingerprint density at radius 1 is 1.27 bits per heavy atom. The molecule has 1 aromatic heterocycles. The first-order valence-electron chi connectivity index (χ1n) is 9.68. The van der Waals surface area contributed by atoms with Gasteiger partial charge in [0, 0.05) is 49.6 Å². The van der Waals surface area contributed by atoms with E-state index >= 15 is 0 Å². The predicted octanol–water partition coefficient (Wildman–Crippen LogP) is 4.23. The minimum Gasteiger partial charge on any atom is -0.377 e. The molecule has 3 rings (SSSR count). The fourth-order valence-corrected chi connectivity index (χ4v) is 3.74. The molecule has 1 aliphatic heterocycles. The third-order valence-electron chi connectivity index (χ3n) is 5.19. The van der Waals surface area contributed by atoms with Gasteiger partial charge in [-0.15, -0.1) is 0 Å². The number of hydrogen-bond acceptors (Lipinski definition) is 3. The normalized spacial score (nSPS) is 17.3. The number of benzene rings is 1. The second-order valence-corrected chi connectivity index (χ2v) is 7.27. The fourth-order valence-electron chi connectivity index (χ4n) is 3.74. The van der Waals surface area contributed by atoms with Crippen molar-refractivity contribution in [2.75, 3.05) is 13.2 Å². The highest BCUT2D eigenvalue weighted by Gasteiger charge is 2.22. The third-order valence-corrected chi connectivity index (χ3v) is 5.19. The molecule has 1 saturated heterocycles. The number of hydrogen-bond donors (Lipinski definition) is 0. The summed E-state index contributed by atoms with van der Waals surface area (Å²) in [6.45, 7) is 10.3. The van der Waals surface area contributed by atoms with Crippen LogP contribution in [0.15, 0.2) is 24.3 Å². The maximum Gasteiger partial charge on any atom is 0.127 e. The van der Waals surface area contributed by atoms with Crippen LogP contribution in [0.5, 0.6) is 0 Å². The number of aromatic nitrogens is 2. The first kappa shape index (κ1) is 19.1. The van der Waals surface area contributed by atoms with Crippen LogP contribution >= 0.6 is 0 Å². The second kappa shape index (κ2) is 8.78. The zero-order valence-corrected chi connectivity index (χ0v) is 16.2. The van der Waals surface area contributed by atoms with Gasteiger partial charge in [0.1, 0.15) is 5.82 Å². The van der Waals surface area contributed by atoms with E-state index in [1.807, 2.05) is 12.1 Å². The molecule has 1 atom stereocenters. The Morgan fingerprint density at radius 2 is 2.08 bits per heavy atom. The van der Waals surface area contributed by atoms with Crippen LogP contribution in [0.1, 0.15) is 48.7 Å². The van der Waals surface area contributed by atoms with Gasteiger partial charge in [0.25, 0.3) is 0 Å². The topological polar surface area (TPSA) is 30.3 Å². The smallest absolute Gasteiger partial charge is 0.127 e. The summed E-state index contributed by atoms with van der Waals surface area (Å²) in [5, 5.41) is 4.69. The number of rotatable bonds is 8. The van der Waals surface area contributed by atoms with Crippen molar-refractivity contribution in [3.8, 4) is 0 Å². The van der Waals surface area contributed by atoms with Crippen molar-refractivity contribution in [1.29, 1.82) is 0 Å². The van der Waals surface area contributed by atoms with Crippen LogP contribution in [-0.4, -0.2) is 33.9 Å². The van der Waals surface area contributed by atoms with Crippen molar-refractivity contribution in [1.82, 2.24) is 14.7 Å². The molecule has 26 heavy (non-hydrogen) atoms. The molecule has 0 saturated carbocycles. The van der Waals surface area contributed by atoms with Gasteiger partial charge in [-0.05, 0) is 39.2 Å². The van der Waals surface area contributed by atoms with Crippen LogP contribution in [0.4, 0.5) is 4.39 Å². The van der Waals surface area contributed by atoms with Crippen molar-refractivity contribution in [3.05, 3.63) is 52.6 Å². The standard InChI is InChI=1S/C21H30FN3O/c1-4-11-25-17(3)20(16(2)23-25)15-24(14-19-9-7-12-26-19)13-18-8-5-6-10-21(18)22/h5-6,8,10,19H,4,7,9,11-15H2,1-3H3. The quantitative estimate of drug-likeness (QED) is 0.706. The lowest BCUT2D eigenvalue weighted by Gasteiger charge is -2.26. The molecule has 0 radical (unpaired) electrons. The van der Waals surface area contributed by atoms with Crippen molar-refractivity contribution >= 4 is 0 Å². The number of ether oxygens (including phenoxy) is 1. The van der Waals surface area contributed by atoms with Gasteiger partial charge < -0.3 is 4.74 Å². The van der Waals surface area contributed by atoms with Gasteiger partial charge in [0.2, 0.25) is 0 Å². The second-order valence-electron chi connectivity index (χ2n) is 7.27. The van der Waals surface area contributed by atoms with Crippen molar-refractivity contribution in [2.45, 2.75) is 65.8 Å². The highest BCUT2D eigenvalue weighted by Crippen LogP contribution is 2.21. The molecule has 0 aliphatic carbocycles. The number of aryl methyl sites for hydroxylation is 2. The van der Waals surface area contributed by atoms with E-state index in [1.54, 1.807) is 6.07 Å². The van der Waals surface area contributed by atoms with Crippen LogP contribution in [0.3, 0.4) is 0 Å². The largest absolute Gasteiger partial charge is 0.377 e. The molecule has 142 valence electrons. The lowest BCUT2D eigenvalue weighted by atomic mass is 10.1. The summed E-state index contributed by atoms with van der Waals surface area (Å²) in [5.41, 5.74) is 4.28. The molecule has 4 nitrogen and oxygen atoms in total. The Bertz CT molecular complexity index is 722. The van der Waals surface area contributed by atoms with Crippen LogP contribution in [0, 0.1) is 19.7 Å². The summed E-state index contributed by atoms with van der Waals surface area (Å²) < 4.78 is 22.1. The minimum absolute atomic E-state index is 0.139. The molecule has 0 N–H and O–H groups in total. The van der Waals surface area contributed by atoms with E-state index in [4.69, 9.17) is 9.84 Å². The van der Waals surface area contributed by atoms with Crippen LogP contribution in [-0.2, 0) is 24.4 Å². The lowest BCUT2D eigenvalue weighted by molar-refractivity contribution is 0.0673. The molecule has 2 heterocycles. The van der Waals surface area contributed by atoms with Crippen molar-refractivity contribution < 1.29 is 9.13 Å². The van der Waals surface area contributed by atoms with E-state index < -0.39 is 0 Å². The number of nitrogens with zero attached hydrogens (tertiary/aromatic N) is 3. The Morgan fingerprint density at radius 3 is 2.77 bits per heavy atom. The van der Waals surface area contributed by atoms with Gasteiger partial charge in [0.05, 0.1) is 11.8 Å². The molecule has 2 aromatic rings. The first-order valence-corrected chi connectivity index (χ1v) is 9.68. The molecule has 0 spiro atoms. The summed E-state index contributed by atoms with van der Waals surface area (Å²) in [6, 6.07) is 7.05. The zero-order chi connectivity index (χ0) is 18.5. The maximum absolute atomic E-state index is 14.2. The van der Waals surface area contributed by atoms with Gasteiger partial charge in [-0.3, -0.25) is 9.58 Å². The van der Waals surface area contributed by atoms with Gasteiger partial charge in [0.15, 0.2) is 0 Å². The monoisotopic (exact) mass is 359 g/mol. The molecule has 5 heteroatoms. The molecule has 0 amide bonds. The minimum atomic E-state index is -0.139. The Balaban J connectivity index is 1.80. The summed E-state index contributed by atoms with van der Waals surface area (Å²) in [7, 11) is 0. The highest BCUT2D eigenvalue weighted by molar-refractivity contribution is 5.25. The molecule has 1 aromatic carbocycles. The highest BCUT2D eigenvalue weighted by atomic mass is 19.1. The average molecular weight is 359 g/mol. The summed E-state index contributed by atoms with van der Waals surface area (Å²) >= 11 is 0. The van der Waals surface area contributed by atoms with E-state index in [2.05, 4.69) is 30.4 Å². The van der Waals surface area contributed by atoms with Crippen LogP contribution in [0.2, 0.25) is 0 Å². The predicted molar refractivity (Wildman–Crippen MR) is 101 cm³/mol. The van der Waals surface area contributed by atoms with Gasteiger partial charge in [-0.2, -0.15) is 5.10 Å². The van der Waals surface area contributed by atoms with E-state index in [-0.39, 0.29) is 11.9 Å². The van der Waals surface area contributed by atoms with E-state index in [1.165, 1.54) is 17.3 Å². The van der Waals surface area contributed by atoms with Gasteiger partial charge in [-0.1, -0.05) is 25.1 Å². The maximum atomic E-state index is 14.2. The summed E-state index contributed by atoms with van der Waals surface area (Å²) in [6.07, 6.45) is 3.51. The van der Waals surface area contributed by atoms with Crippen LogP contribution in [0.25, 0.3) is 0 Å². The van der Waals surface area contributed by atoms with E-state index in [9.17, 15) is 4.39 Å². The van der Waals surface area contributed by atoms with Gasteiger partial charge in [-0.25, -0.2) is 4.39 Å². The summed E-state index contributed by atoms with van der Waals surface area (Å²) in [4.78, 5) is 2.31. The Kier molecular flexibility index (Phi) is 6.43. The molecular weight excluding hydrogens is 329 g/mol. The van der Waals surface area contributed by atoms with Crippen molar-refractivity contribution in [2.24, 2.45) is 0 Å². The van der Waals surface area contributed by atoms with E-state index in [0.29, 0.717) is 6.54 Å². The third kappa shape index (κ3) is 4.51. The molecule has 1 aliphatic rings. The Labute approximate surface area is 156 Å². The molecular formula is C21H30FN3O. The lowest BCUT2D eigenvalue weighted by Crippen LogP contribution is -2.32. The molecule has 1 fully saturated rings. The van der Waals surface area contributed by atoms with Gasteiger partial charge >= 0.3 is 0 Å².